The molecule has 3 saturated heterocycles. The Morgan fingerprint density at radius 2 is 2.04 bits per heavy atom. The lowest BCUT2D eigenvalue weighted by atomic mass is 9.94. The Morgan fingerprint density at radius 3 is 2.78 bits per heavy atom. The van der Waals surface area contributed by atoms with Gasteiger partial charge in [0.25, 0.3) is 5.91 Å². The third-order valence-corrected chi connectivity index (χ3v) is 6.00. The van der Waals surface area contributed by atoms with Crippen LogP contribution in [-0.2, 0) is 6.54 Å². The number of carbonyl (C=O) groups excluding carboxylic acids is 1. The molecule has 3 fully saturated rings. The van der Waals surface area contributed by atoms with E-state index in [1.165, 1.54) is 0 Å². The van der Waals surface area contributed by atoms with Gasteiger partial charge in [-0.3, -0.25) is 9.69 Å². The molecule has 4 heterocycles. The molecule has 2 aromatic rings. The first-order valence-corrected chi connectivity index (χ1v) is 9.67. The van der Waals surface area contributed by atoms with Gasteiger partial charge in [0, 0.05) is 37.8 Å². The van der Waals surface area contributed by atoms with Crippen molar-refractivity contribution in [3.05, 3.63) is 46.3 Å². The Morgan fingerprint density at radius 1 is 1.22 bits per heavy atom. The van der Waals surface area contributed by atoms with Crippen LogP contribution in [0.5, 0.6) is 5.75 Å². The molecule has 0 spiro atoms. The minimum atomic E-state index is -0.0508. The molecule has 27 heavy (non-hydrogen) atoms. The van der Waals surface area contributed by atoms with E-state index in [1.807, 2.05) is 31.7 Å². The number of phenols is 1. The average molecular weight is 369 g/mol. The molecule has 3 aliphatic rings. The largest absolute Gasteiger partial charge is 0.507 e. The second-order valence-electron chi connectivity index (χ2n) is 8.07. The number of hydrogen-bond donors (Lipinski definition) is 1. The number of nitrogens with zero attached hydrogens (tertiary/aromatic N) is 3. The van der Waals surface area contributed by atoms with Crippen LogP contribution in [0.15, 0.2) is 22.7 Å². The Hall–Kier alpha value is -2.34. The first kappa shape index (κ1) is 18.0. The monoisotopic (exact) mass is 369 g/mol. The molecule has 1 N–H and O–H groups in total. The van der Waals surface area contributed by atoms with Crippen LogP contribution in [-0.4, -0.2) is 51.6 Å². The molecule has 1 aromatic heterocycles. The molecule has 0 unspecified atom stereocenters. The maximum absolute atomic E-state index is 13.2. The Labute approximate surface area is 159 Å². The summed E-state index contributed by atoms with van der Waals surface area (Å²) < 4.78 is 5.31. The van der Waals surface area contributed by atoms with E-state index in [2.05, 4.69) is 10.1 Å². The number of amides is 1. The van der Waals surface area contributed by atoms with E-state index in [0.29, 0.717) is 11.5 Å². The highest BCUT2D eigenvalue weighted by Gasteiger charge is 2.38. The zero-order chi connectivity index (χ0) is 19.1. The van der Waals surface area contributed by atoms with E-state index in [-0.39, 0.29) is 17.7 Å². The summed E-state index contributed by atoms with van der Waals surface area (Å²) in [5.74, 6) is 1.35. The van der Waals surface area contributed by atoms with Gasteiger partial charge < -0.3 is 14.5 Å². The molecule has 1 amide bonds. The van der Waals surface area contributed by atoms with Gasteiger partial charge in [0.2, 0.25) is 0 Å². The van der Waals surface area contributed by atoms with Gasteiger partial charge in [-0.15, -0.1) is 0 Å². The second-order valence-corrected chi connectivity index (χ2v) is 8.07. The van der Waals surface area contributed by atoms with Gasteiger partial charge in [0.05, 0.1) is 11.3 Å². The molecule has 2 bridgehead atoms. The van der Waals surface area contributed by atoms with Crippen LogP contribution in [0.25, 0.3) is 0 Å². The normalized spacial score (nSPS) is 22.9. The van der Waals surface area contributed by atoms with E-state index in [4.69, 9.17) is 4.52 Å². The lowest BCUT2D eigenvalue weighted by molar-refractivity contribution is 0.0581. The number of aromatic nitrogens is 1. The topological polar surface area (TPSA) is 69.8 Å². The molecule has 3 aliphatic heterocycles. The minimum absolute atomic E-state index is 0.0508. The fourth-order valence-electron chi connectivity index (χ4n) is 4.48. The van der Waals surface area contributed by atoms with Crippen molar-refractivity contribution in [2.45, 2.75) is 46.2 Å². The molecule has 1 aromatic carbocycles. The van der Waals surface area contributed by atoms with Crippen LogP contribution in [0, 0.1) is 26.7 Å². The van der Waals surface area contributed by atoms with Gasteiger partial charge in [0.15, 0.2) is 0 Å². The molecule has 2 atom stereocenters. The molecular formula is C21H27N3O3. The minimum Gasteiger partial charge on any atom is -0.507 e. The highest BCUT2D eigenvalue weighted by Crippen LogP contribution is 2.32. The highest BCUT2D eigenvalue weighted by atomic mass is 16.5. The second kappa shape index (κ2) is 7.00. The standard InChI is InChI=1S/C21H27N3O3/c1-13-4-7-20(25)18(8-13)21(26)24-10-16-5-6-17(24)11-23(9-16)12-19-14(2)22-27-15(19)3/h4,7-8,16-17,25H,5-6,9-12H2,1-3H3/t16-,17+/m0/s1. The van der Waals surface area contributed by atoms with Crippen molar-refractivity contribution in [3.63, 3.8) is 0 Å². The first-order valence-electron chi connectivity index (χ1n) is 9.67. The average Bonchev–Trinajstić information content (AvgIpc) is 2.83. The molecule has 0 radical (unpaired) electrons. The smallest absolute Gasteiger partial charge is 0.257 e. The van der Waals surface area contributed by atoms with Crippen molar-refractivity contribution < 1.29 is 14.4 Å². The summed E-state index contributed by atoms with van der Waals surface area (Å²) in [4.78, 5) is 17.6. The molecule has 144 valence electrons. The Kier molecular flexibility index (Phi) is 4.68. The summed E-state index contributed by atoms with van der Waals surface area (Å²) in [6, 6.07) is 5.41. The fourth-order valence-corrected chi connectivity index (χ4v) is 4.48. The number of carbonyl (C=O) groups is 1. The third kappa shape index (κ3) is 3.46. The van der Waals surface area contributed by atoms with Gasteiger partial charge in [-0.1, -0.05) is 16.8 Å². The van der Waals surface area contributed by atoms with Gasteiger partial charge in [-0.2, -0.15) is 0 Å². The van der Waals surface area contributed by atoms with Crippen molar-refractivity contribution in [1.82, 2.24) is 15.0 Å². The van der Waals surface area contributed by atoms with E-state index in [1.54, 1.807) is 12.1 Å². The lowest BCUT2D eigenvalue weighted by Crippen LogP contribution is -2.47. The molecule has 5 rings (SSSR count). The predicted octanol–water partition coefficient (Wildman–Crippen LogP) is 3.04. The maximum atomic E-state index is 13.2. The number of hydrogen-bond acceptors (Lipinski definition) is 5. The van der Waals surface area contributed by atoms with Crippen molar-refractivity contribution >= 4 is 5.91 Å². The summed E-state index contributed by atoms with van der Waals surface area (Å²) in [5, 5.41) is 14.3. The quantitative estimate of drug-likeness (QED) is 0.900. The van der Waals surface area contributed by atoms with Gasteiger partial charge in [-0.25, -0.2) is 0 Å². The number of piperidine rings is 1. The van der Waals surface area contributed by atoms with Gasteiger partial charge in [-0.05, 0) is 51.7 Å². The van der Waals surface area contributed by atoms with Crippen molar-refractivity contribution in [1.29, 1.82) is 0 Å². The van der Waals surface area contributed by atoms with Crippen LogP contribution < -0.4 is 0 Å². The van der Waals surface area contributed by atoms with Crippen LogP contribution in [0.3, 0.4) is 0 Å². The number of aryl methyl sites for hydroxylation is 3. The predicted molar refractivity (Wildman–Crippen MR) is 102 cm³/mol. The molecule has 0 aliphatic carbocycles. The van der Waals surface area contributed by atoms with E-state index in [0.717, 1.165) is 61.6 Å². The number of aromatic hydroxyl groups is 1. The van der Waals surface area contributed by atoms with Crippen LogP contribution >= 0.6 is 0 Å². The summed E-state index contributed by atoms with van der Waals surface area (Å²) >= 11 is 0. The summed E-state index contributed by atoms with van der Waals surface area (Å²) in [7, 11) is 0. The molecular weight excluding hydrogens is 342 g/mol. The molecule has 6 heteroatoms. The first-order chi connectivity index (χ1) is 12.9. The Balaban J connectivity index is 1.54. The van der Waals surface area contributed by atoms with Crippen LogP contribution in [0.1, 0.15) is 45.8 Å². The number of benzene rings is 1. The van der Waals surface area contributed by atoms with E-state index < -0.39 is 0 Å². The SMILES string of the molecule is Cc1ccc(O)c(C(=O)N2C[C@H]3CC[C@@H]2CN(Cc2c(C)noc2C)C3)c1. The molecule has 0 saturated carbocycles. The summed E-state index contributed by atoms with van der Waals surface area (Å²) in [6.07, 6.45) is 2.16. The van der Waals surface area contributed by atoms with Crippen molar-refractivity contribution in [2.75, 3.05) is 19.6 Å². The van der Waals surface area contributed by atoms with Gasteiger partial charge >= 0.3 is 0 Å². The lowest BCUT2D eigenvalue weighted by Gasteiger charge is -2.36. The van der Waals surface area contributed by atoms with Crippen molar-refractivity contribution in [2.24, 2.45) is 5.92 Å². The highest BCUT2D eigenvalue weighted by molar-refractivity contribution is 5.97. The van der Waals surface area contributed by atoms with E-state index >= 15 is 0 Å². The number of phenolic OH excluding ortho intramolecular Hbond substituents is 1. The van der Waals surface area contributed by atoms with E-state index in [9.17, 15) is 9.90 Å². The zero-order valence-electron chi connectivity index (χ0n) is 16.2. The summed E-state index contributed by atoms with van der Waals surface area (Å²) in [6.45, 7) is 9.27. The molecule has 6 nitrogen and oxygen atoms in total. The third-order valence-electron chi connectivity index (χ3n) is 6.00. The van der Waals surface area contributed by atoms with Crippen LogP contribution in [0.4, 0.5) is 0 Å². The number of fused-ring (bicyclic) bond motifs is 4. The summed E-state index contributed by atoms with van der Waals surface area (Å²) in [5.41, 5.74) is 3.50. The maximum Gasteiger partial charge on any atom is 0.257 e. The Bertz CT molecular complexity index is 841. The fraction of sp³-hybridized carbons (Fsp3) is 0.524. The number of rotatable bonds is 3. The van der Waals surface area contributed by atoms with Crippen LogP contribution in [0.2, 0.25) is 0 Å². The van der Waals surface area contributed by atoms with Gasteiger partial charge in [0.1, 0.15) is 11.5 Å². The van der Waals surface area contributed by atoms with Crippen molar-refractivity contribution in [3.8, 4) is 5.75 Å². The zero-order valence-corrected chi connectivity index (χ0v) is 16.2.